The van der Waals surface area contributed by atoms with E-state index in [0.717, 1.165) is 23.6 Å². The zero-order valence-electron chi connectivity index (χ0n) is 11.2. The molecule has 106 valence electrons. The van der Waals surface area contributed by atoms with Crippen LogP contribution in [0.3, 0.4) is 0 Å². The number of aryl methyl sites for hydroxylation is 1. The van der Waals surface area contributed by atoms with E-state index in [4.69, 9.17) is 11.6 Å². The van der Waals surface area contributed by atoms with Crippen LogP contribution >= 0.6 is 22.9 Å². The van der Waals surface area contributed by atoms with Crippen LogP contribution in [0, 0.1) is 0 Å². The molecular weight excluding hydrogens is 290 g/mol. The smallest absolute Gasteiger partial charge is 0.0934 e. The topological polar surface area (TPSA) is 32.3 Å². The SMILES string of the molecule is OC[C@H](Cc1ccccc1)NC1CCc2sc(Cl)cc21. The van der Waals surface area contributed by atoms with E-state index in [0.29, 0.717) is 6.04 Å². The number of nitrogens with one attached hydrogen (secondary N) is 1. The Hall–Kier alpha value is -0.870. The lowest BCUT2D eigenvalue weighted by molar-refractivity contribution is 0.230. The van der Waals surface area contributed by atoms with E-state index in [1.165, 1.54) is 16.0 Å². The highest BCUT2D eigenvalue weighted by molar-refractivity contribution is 7.16. The molecule has 20 heavy (non-hydrogen) atoms. The normalized spacial score (nSPS) is 19.0. The Morgan fingerprint density at radius 2 is 2.15 bits per heavy atom. The van der Waals surface area contributed by atoms with E-state index in [9.17, 15) is 5.11 Å². The number of aliphatic hydroxyl groups is 1. The molecule has 1 aliphatic rings. The van der Waals surface area contributed by atoms with E-state index in [1.54, 1.807) is 11.3 Å². The van der Waals surface area contributed by atoms with Gasteiger partial charge in [0.15, 0.2) is 0 Å². The van der Waals surface area contributed by atoms with Crippen molar-refractivity contribution >= 4 is 22.9 Å². The maximum Gasteiger partial charge on any atom is 0.0934 e. The molecule has 4 heteroatoms. The third kappa shape index (κ3) is 3.07. The fourth-order valence-electron chi connectivity index (χ4n) is 2.86. The molecule has 0 spiro atoms. The molecule has 2 aromatic rings. The number of hydrogen-bond donors (Lipinski definition) is 2. The van der Waals surface area contributed by atoms with Gasteiger partial charge in [0.2, 0.25) is 0 Å². The Labute approximate surface area is 128 Å². The van der Waals surface area contributed by atoms with Gasteiger partial charge in [-0.25, -0.2) is 0 Å². The first-order valence-electron chi connectivity index (χ1n) is 6.95. The molecule has 1 unspecified atom stereocenters. The second-order valence-corrected chi connectivity index (χ2v) is 7.02. The first kappa shape index (κ1) is 14.1. The summed E-state index contributed by atoms with van der Waals surface area (Å²) in [7, 11) is 0. The van der Waals surface area contributed by atoms with Crippen molar-refractivity contribution in [2.45, 2.75) is 31.3 Å². The maximum atomic E-state index is 9.61. The van der Waals surface area contributed by atoms with Gasteiger partial charge in [-0.2, -0.15) is 0 Å². The van der Waals surface area contributed by atoms with Gasteiger partial charge in [-0.05, 0) is 36.5 Å². The van der Waals surface area contributed by atoms with E-state index in [1.807, 2.05) is 18.2 Å². The van der Waals surface area contributed by atoms with Crippen molar-refractivity contribution in [2.75, 3.05) is 6.61 Å². The van der Waals surface area contributed by atoms with E-state index in [-0.39, 0.29) is 12.6 Å². The summed E-state index contributed by atoms with van der Waals surface area (Å²) >= 11 is 7.77. The Morgan fingerprint density at radius 3 is 2.90 bits per heavy atom. The molecule has 0 bridgehead atoms. The third-order valence-corrected chi connectivity index (χ3v) is 5.17. The second kappa shape index (κ2) is 6.27. The zero-order chi connectivity index (χ0) is 13.9. The minimum absolute atomic E-state index is 0.0898. The molecule has 2 N–H and O–H groups in total. The molecule has 0 fully saturated rings. The van der Waals surface area contributed by atoms with Crippen molar-refractivity contribution in [3.8, 4) is 0 Å². The Kier molecular flexibility index (Phi) is 4.41. The van der Waals surface area contributed by atoms with Crippen LogP contribution in [0.1, 0.15) is 28.5 Å². The number of benzene rings is 1. The van der Waals surface area contributed by atoms with E-state index < -0.39 is 0 Å². The Morgan fingerprint density at radius 1 is 1.35 bits per heavy atom. The quantitative estimate of drug-likeness (QED) is 0.885. The summed E-state index contributed by atoms with van der Waals surface area (Å²) in [4.78, 5) is 1.39. The third-order valence-electron chi connectivity index (χ3n) is 3.83. The van der Waals surface area contributed by atoms with E-state index >= 15 is 0 Å². The van der Waals surface area contributed by atoms with Crippen LogP contribution in [0.5, 0.6) is 0 Å². The van der Waals surface area contributed by atoms with Crippen LogP contribution in [-0.4, -0.2) is 17.8 Å². The largest absolute Gasteiger partial charge is 0.395 e. The highest BCUT2D eigenvalue weighted by Crippen LogP contribution is 2.39. The monoisotopic (exact) mass is 307 g/mol. The minimum atomic E-state index is 0.0898. The van der Waals surface area contributed by atoms with Crippen LogP contribution in [0.25, 0.3) is 0 Å². The molecule has 1 aromatic carbocycles. The fourth-order valence-corrected chi connectivity index (χ4v) is 4.22. The molecular formula is C16H18ClNOS. The van der Waals surface area contributed by atoms with Crippen LogP contribution in [0.2, 0.25) is 4.34 Å². The molecule has 2 atom stereocenters. The fraction of sp³-hybridized carbons (Fsp3) is 0.375. The van der Waals surface area contributed by atoms with Gasteiger partial charge < -0.3 is 10.4 Å². The number of thiophene rings is 1. The number of aliphatic hydroxyl groups excluding tert-OH is 1. The molecule has 1 aliphatic carbocycles. The van der Waals surface area contributed by atoms with Crippen molar-refractivity contribution in [1.29, 1.82) is 0 Å². The molecule has 0 saturated carbocycles. The first-order valence-corrected chi connectivity index (χ1v) is 8.14. The van der Waals surface area contributed by atoms with Gasteiger partial charge in [-0.15, -0.1) is 11.3 Å². The number of rotatable bonds is 5. The number of halogens is 1. The van der Waals surface area contributed by atoms with E-state index in [2.05, 4.69) is 23.5 Å². The van der Waals surface area contributed by atoms with Crippen molar-refractivity contribution in [2.24, 2.45) is 0 Å². The molecule has 2 nitrogen and oxygen atoms in total. The van der Waals surface area contributed by atoms with Crippen molar-refractivity contribution in [1.82, 2.24) is 5.32 Å². The average molecular weight is 308 g/mol. The summed E-state index contributed by atoms with van der Waals surface area (Å²) in [5.74, 6) is 0. The summed E-state index contributed by atoms with van der Waals surface area (Å²) in [5, 5.41) is 13.2. The summed E-state index contributed by atoms with van der Waals surface area (Å²) in [5.41, 5.74) is 2.58. The van der Waals surface area contributed by atoms with Crippen LogP contribution < -0.4 is 5.32 Å². The van der Waals surface area contributed by atoms with Gasteiger partial charge in [0, 0.05) is 17.0 Å². The molecule has 0 radical (unpaired) electrons. The van der Waals surface area contributed by atoms with Crippen molar-refractivity contribution < 1.29 is 5.11 Å². The lowest BCUT2D eigenvalue weighted by Gasteiger charge is -2.21. The van der Waals surface area contributed by atoms with Crippen LogP contribution in [0.4, 0.5) is 0 Å². The summed E-state index contributed by atoms with van der Waals surface area (Å²) in [6.07, 6.45) is 3.04. The Bertz CT molecular complexity index is 569. The van der Waals surface area contributed by atoms with Gasteiger partial charge in [-0.3, -0.25) is 0 Å². The summed E-state index contributed by atoms with van der Waals surface area (Å²) in [6.45, 7) is 0.151. The predicted molar refractivity (Wildman–Crippen MR) is 84.5 cm³/mol. The van der Waals surface area contributed by atoms with Gasteiger partial charge in [0.1, 0.15) is 0 Å². The molecule has 0 aliphatic heterocycles. The lowest BCUT2D eigenvalue weighted by atomic mass is 10.0. The zero-order valence-corrected chi connectivity index (χ0v) is 12.8. The average Bonchev–Trinajstić information content (AvgIpc) is 2.99. The van der Waals surface area contributed by atoms with Crippen molar-refractivity contribution in [3.63, 3.8) is 0 Å². The molecule has 0 saturated heterocycles. The van der Waals surface area contributed by atoms with Crippen molar-refractivity contribution in [3.05, 3.63) is 56.7 Å². The van der Waals surface area contributed by atoms with Crippen LogP contribution in [-0.2, 0) is 12.8 Å². The molecule has 1 heterocycles. The van der Waals surface area contributed by atoms with Gasteiger partial charge >= 0.3 is 0 Å². The van der Waals surface area contributed by atoms with Gasteiger partial charge in [-0.1, -0.05) is 41.9 Å². The first-order chi connectivity index (χ1) is 9.76. The summed E-state index contributed by atoms with van der Waals surface area (Å²) < 4.78 is 0.866. The maximum absolute atomic E-state index is 9.61. The molecule has 3 rings (SSSR count). The summed E-state index contributed by atoms with van der Waals surface area (Å²) in [6, 6.07) is 12.8. The number of hydrogen-bond acceptors (Lipinski definition) is 3. The standard InChI is InChI=1S/C16H18ClNOS/c17-16-9-13-14(6-7-15(13)20-16)18-12(10-19)8-11-4-2-1-3-5-11/h1-5,9,12,14,18-19H,6-8,10H2/t12-,14?/m0/s1. The molecule has 0 amide bonds. The molecule has 1 aromatic heterocycles. The number of fused-ring (bicyclic) bond motifs is 1. The predicted octanol–water partition coefficient (Wildman–Crippen LogP) is 3.58. The highest BCUT2D eigenvalue weighted by atomic mass is 35.5. The van der Waals surface area contributed by atoms with Crippen LogP contribution in [0.15, 0.2) is 36.4 Å². The second-order valence-electron chi connectivity index (χ2n) is 5.26. The lowest BCUT2D eigenvalue weighted by Crippen LogP contribution is -2.36. The van der Waals surface area contributed by atoms with Gasteiger partial charge in [0.05, 0.1) is 10.9 Å². The highest BCUT2D eigenvalue weighted by Gasteiger charge is 2.26. The minimum Gasteiger partial charge on any atom is -0.395 e. The Balaban J connectivity index is 1.67. The van der Waals surface area contributed by atoms with Gasteiger partial charge in [0.25, 0.3) is 0 Å².